The van der Waals surface area contributed by atoms with Gasteiger partial charge in [-0.15, -0.1) is 0 Å². The number of nitrogens with zero attached hydrogens (tertiary/aromatic N) is 4. The number of aromatic hydroxyl groups is 1. The lowest BCUT2D eigenvalue weighted by Gasteiger charge is -2.05. The van der Waals surface area contributed by atoms with Gasteiger partial charge < -0.3 is 10.1 Å². The van der Waals surface area contributed by atoms with E-state index >= 15 is 0 Å². The fourth-order valence-corrected chi connectivity index (χ4v) is 3.13. The van der Waals surface area contributed by atoms with Crippen LogP contribution < -0.4 is 5.69 Å². The molecule has 0 spiro atoms. The lowest BCUT2D eigenvalue weighted by Crippen LogP contribution is -2.14. The molecule has 0 aliphatic heterocycles. The van der Waals surface area contributed by atoms with Crippen LogP contribution in [0.1, 0.15) is 0 Å². The average molecular weight is 359 g/mol. The van der Waals surface area contributed by atoms with Crippen molar-refractivity contribution in [1.82, 2.24) is 34.9 Å². The Labute approximate surface area is 151 Å². The molecular weight excluding hydrogens is 346 g/mol. The van der Waals surface area contributed by atoms with Crippen LogP contribution in [0.2, 0.25) is 0 Å². The molecule has 0 unspecified atom stereocenters. The van der Waals surface area contributed by atoms with Gasteiger partial charge in [0.2, 0.25) is 5.88 Å². The van der Waals surface area contributed by atoms with Crippen molar-refractivity contribution < 1.29 is 5.11 Å². The molecule has 5 rings (SSSR count). The molecule has 5 aromatic rings. The average Bonchev–Trinajstić information content (AvgIpc) is 3.41. The number of aromatic nitrogens is 7. The first-order valence-corrected chi connectivity index (χ1v) is 8.15. The SMILES string of the molecule is O=c1[nH]cc(O)n1-c1cccc(-c2n[nH]c3ccc(-c4ncn[nH]4)cc23)c1. The number of imidazole rings is 1. The first-order valence-electron chi connectivity index (χ1n) is 8.15. The van der Waals surface area contributed by atoms with E-state index in [9.17, 15) is 9.90 Å². The van der Waals surface area contributed by atoms with E-state index in [1.165, 1.54) is 17.1 Å². The van der Waals surface area contributed by atoms with Gasteiger partial charge in [0.15, 0.2) is 5.82 Å². The van der Waals surface area contributed by atoms with Gasteiger partial charge in [0.1, 0.15) is 6.33 Å². The van der Waals surface area contributed by atoms with Crippen molar-refractivity contribution >= 4 is 10.9 Å². The van der Waals surface area contributed by atoms with Crippen molar-refractivity contribution in [2.45, 2.75) is 0 Å². The van der Waals surface area contributed by atoms with E-state index in [0.717, 1.165) is 27.7 Å². The molecule has 2 aromatic carbocycles. The Morgan fingerprint density at radius 1 is 1.04 bits per heavy atom. The van der Waals surface area contributed by atoms with E-state index in [2.05, 4.69) is 30.4 Å². The molecule has 9 nitrogen and oxygen atoms in total. The van der Waals surface area contributed by atoms with Crippen molar-refractivity contribution in [2.75, 3.05) is 0 Å². The van der Waals surface area contributed by atoms with Crippen LogP contribution in [0.3, 0.4) is 0 Å². The van der Waals surface area contributed by atoms with E-state index in [1.54, 1.807) is 12.1 Å². The molecule has 132 valence electrons. The third kappa shape index (κ3) is 2.41. The maximum atomic E-state index is 11.9. The molecule has 27 heavy (non-hydrogen) atoms. The molecule has 0 saturated heterocycles. The van der Waals surface area contributed by atoms with Gasteiger partial charge in [-0.1, -0.05) is 12.1 Å². The van der Waals surface area contributed by atoms with E-state index < -0.39 is 5.69 Å². The van der Waals surface area contributed by atoms with Crippen molar-refractivity contribution in [3.8, 4) is 34.2 Å². The molecule has 3 heterocycles. The lowest BCUT2D eigenvalue weighted by molar-refractivity contribution is 0.441. The van der Waals surface area contributed by atoms with Gasteiger partial charge in [0, 0.05) is 16.5 Å². The monoisotopic (exact) mass is 359 g/mol. The Hall–Kier alpha value is -4.14. The van der Waals surface area contributed by atoms with E-state index in [4.69, 9.17) is 0 Å². The minimum Gasteiger partial charge on any atom is -0.493 e. The molecule has 0 atom stereocenters. The predicted octanol–water partition coefficient (Wildman–Crippen LogP) is 2.20. The maximum Gasteiger partial charge on any atom is 0.333 e. The molecule has 0 bridgehead atoms. The van der Waals surface area contributed by atoms with Crippen molar-refractivity contribution in [3.05, 3.63) is 65.5 Å². The van der Waals surface area contributed by atoms with Crippen LogP contribution in [0, 0.1) is 0 Å². The summed E-state index contributed by atoms with van der Waals surface area (Å²) in [7, 11) is 0. The van der Waals surface area contributed by atoms with Crippen LogP contribution in [0.25, 0.3) is 39.2 Å². The largest absolute Gasteiger partial charge is 0.493 e. The summed E-state index contributed by atoms with van der Waals surface area (Å²) in [6.45, 7) is 0. The number of fused-ring (bicyclic) bond motifs is 1. The van der Waals surface area contributed by atoms with Crippen molar-refractivity contribution in [1.29, 1.82) is 0 Å². The number of aromatic amines is 3. The zero-order chi connectivity index (χ0) is 18.4. The lowest BCUT2D eigenvalue weighted by atomic mass is 10.0. The summed E-state index contributed by atoms with van der Waals surface area (Å²) >= 11 is 0. The molecule has 0 aliphatic carbocycles. The van der Waals surface area contributed by atoms with Gasteiger partial charge in [-0.2, -0.15) is 10.2 Å². The normalized spacial score (nSPS) is 11.3. The van der Waals surface area contributed by atoms with Gasteiger partial charge in [0.05, 0.1) is 23.1 Å². The van der Waals surface area contributed by atoms with Gasteiger partial charge >= 0.3 is 5.69 Å². The highest BCUT2D eigenvalue weighted by Gasteiger charge is 2.13. The fraction of sp³-hybridized carbons (Fsp3) is 0. The Morgan fingerprint density at radius 2 is 1.96 bits per heavy atom. The Morgan fingerprint density at radius 3 is 2.74 bits per heavy atom. The quantitative estimate of drug-likeness (QED) is 0.392. The summed E-state index contributed by atoms with van der Waals surface area (Å²) in [5.74, 6) is 0.512. The second kappa shape index (κ2) is 5.70. The first-order chi connectivity index (χ1) is 13.2. The molecule has 4 N–H and O–H groups in total. The minimum absolute atomic E-state index is 0.156. The van der Waals surface area contributed by atoms with E-state index in [1.807, 2.05) is 30.3 Å². The summed E-state index contributed by atoms with van der Waals surface area (Å²) < 4.78 is 1.19. The van der Waals surface area contributed by atoms with Crippen molar-refractivity contribution in [2.24, 2.45) is 0 Å². The smallest absolute Gasteiger partial charge is 0.333 e. The molecule has 0 fully saturated rings. The number of hydrogen-bond acceptors (Lipinski definition) is 5. The van der Waals surface area contributed by atoms with E-state index in [-0.39, 0.29) is 5.88 Å². The zero-order valence-electron chi connectivity index (χ0n) is 13.8. The van der Waals surface area contributed by atoms with Gasteiger partial charge in [-0.3, -0.25) is 10.2 Å². The summed E-state index contributed by atoms with van der Waals surface area (Å²) in [6.07, 6.45) is 2.71. The summed E-state index contributed by atoms with van der Waals surface area (Å²) in [5, 5.41) is 25.0. The Balaban J connectivity index is 1.67. The summed E-state index contributed by atoms with van der Waals surface area (Å²) in [4.78, 5) is 18.6. The Bertz CT molecular complexity index is 1310. The molecule has 0 aliphatic rings. The number of hydrogen-bond donors (Lipinski definition) is 4. The van der Waals surface area contributed by atoms with Gasteiger partial charge in [-0.05, 0) is 30.3 Å². The number of H-pyrrole nitrogens is 3. The highest BCUT2D eigenvalue weighted by molar-refractivity contribution is 5.95. The number of rotatable bonds is 3. The fourth-order valence-electron chi connectivity index (χ4n) is 3.13. The molecule has 0 saturated carbocycles. The molecule has 0 radical (unpaired) electrons. The molecule has 9 heteroatoms. The van der Waals surface area contributed by atoms with Crippen LogP contribution in [-0.4, -0.2) is 40.0 Å². The first kappa shape index (κ1) is 15.1. The summed E-state index contributed by atoms with van der Waals surface area (Å²) in [6, 6.07) is 13.1. The maximum absolute atomic E-state index is 11.9. The zero-order valence-corrected chi connectivity index (χ0v) is 13.8. The predicted molar refractivity (Wildman–Crippen MR) is 98.5 cm³/mol. The highest BCUT2D eigenvalue weighted by atomic mass is 16.3. The standard InChI is InChI=1S/C18H13N7O2/c26-15-8-19-18(27)25(15)12-3-1-2-10(6-12)16-13-7-11(17-20-9-21-24-17)4-5-14(13)22-23-16/h1-9,26H,(H,19,27)(H,22,23)(H,20,21,24). The second-order valence-electron chi connectivity index (χ2n) is 6.00. The van der Waals surface area contributed by atoms with Gasteiger partial charge in [-0.25, -0.2) is 14.3 Å². The number of benzene rings is 2. The van der Waals surface area contributed by atoms with Crippen LogP contribution in [0.5, 0.6) is 5.88 Å². The minimum atomic E-state index is -0.413. The topological polar surface area (TPSA) is 128 Å². The number of nitrogens with one attached hydrogen (secondary N) is 3. The molecule has 0 amide bonds. The van der Waals surface area contributed by atoms with Crippen LogP contribution in [0.15, 0.2) is 59.8 Å². The summed E-state index contributed by atoms with van der Waals surface area (Å²) in [5.41, 5.74) is 3.43. The van der Waals surface area contributed by atoms with Crippen molar-refractivity contribution in [3.63, 3.8) is 0 Å². The third-order valence-corrected chi connectivity index (χ3v) is 4.39. The second-order valence-corrected chi connectivity index (χ2v) is 6.00. The van der Waals surface area contributed by atoms with Crippen LogP contribution in [0.4, 0.5) is 0 Å². The Kier molecular flexibility index (Phi) is 3.20. The molecular formula is C18H13N7O2. The highest BCUT2D eigenvalue weighted by Crippen LogP contribution is 2.30. The van der Waals surface area contributed by atoms with Gasteiger partial charge in [0.25, 0.3) is 0 Å². The third-order valence-electron chi connectivity index (χ3n) is 4.39. The van der Waals surface area contributed by atoms with Crippen LogP contribution >= 0.6 is 0 Å². The van der Waals surface area contributed by atoms with Crippen LogP contribution in [-0.2, 0) is 0 Å². The molecule has 3 aromatic heterocycles. The van der Waals surface area contributed by atoms with E-state index in [0.29, 0.717) is 11.5 Å².